The molecule has 1 amide bonds. The Morgan fingerprint density at radius 2 is 2.53 bits per heavy atom. The van der Waals surface area contributed by atoms with Crippen LogP contribution in [0, 0.1) is 6.92 Å². The Bertz CT molecular complexity index is 327. The van der Waals surface area contributed by atoms with Gasteiger partial charge in [0.25, 0.3) is 0 Å². The third kappa shape index (κ3) is 4.26. The molecule has 1 rings (SSSR count). The van der Waals surface area contributed by atoms with Gasteiger partial charge < -0.3 is 15.8 Å². The first-order valence-electron chi connectivity index (χ1n) is 4.67. The average Bonchev–Trinajstić information content (AvgIpc) is 2.59. The summed E-state index contributed by atoms with van der Waals surface area (Å²) in [7, 11) is 0. The van der Waals surface area contributed by atoms with Crippen molar-refractivity contribution in [1.29, 1.82) is 0 Å². The van der Waals surface area contributed by atoms with Gasteiger partial charge in [-0.25, -0.2) is 9.78 Å². The molecular weight excluding hydrogens is 214 g/mol. The molecule has 0 spiro atoms. The van der Waals surface area contributed by atoms with Crippen LogP contribution in [0.15, 0.2) is 5.38 Å². The van der Waals surface area contributed by atoms with Crippen molar-refractivity contribution in [3.05, 3.63) is 16.1 Å². The molecule has 84 valence electrons. The molecule has 0 fully saturated rings. The van der Waals surface area contributed by atoms with Gasteiger partial charge in [-0.05, 0) is 13.8 Å². The first-order chi connectivity index (χ1) is 7.09. The molecule has 0 bridgehead atoms. The highest BCUT2D eigenvalue weighted by atomic mass is 32.1. The van der Waals surface area contributed by atoms with E-state index in [-0.39, 0.29) is 12.6 Å². The van der Waals surface area contributed by atoms with Gasteiger partial charge in [0.15, 0.2) is 0 Å². The third-order valence-electron chi connectivity index (χ3n) is 1.88. The highest BCUT2D eigenvalue weighted by Crippen LogP contribution is 2.15. The van der Waals surface area contributed by atoms with E-state index in [4.69, 9.17) is 5.73 Å². The summed E-state index contributed by atoms with van der Waals surface area (Å²) in [5.74, 6) is 0. The van der Waals surface area contributed by atoms with E-state index in [1.807, 2.05) is 19.2 Å². The molecule has 0 aliphatic carbocycles. The number of rotatable bonds is 5. The molecular formula is C9H15N3O2S. The Labute approximate surface area is 92.6 Å². The molecule has 15 heavy (non-hydrogen) atoms. The zero-order valence-electron chi connectivity index (χ0n) is 8.82. The molecule has 6 heteroatoms. The SMILES string of the molecule is Cc1nc(C(C)NCCOC(N)=O)cs1. The monoisotopic (exact) mass is 229 g/mol. The van der Waals surface area contributed by atoms with Crippen molar-refractivity contribution in [1.82, 2.24) is 10.3 Å². The van der Waals surface area contributed by atoms with Crippen LogP contribution in [0.3, 0.4) is 0 Å². The molecule has 1 aromatic rings. The van der Waals surface area contributed by atoms with Gasteiger partial charge in [0.2, 0.25) is 0 Å². The molecule has 0 aromatic carbocycles. The highest BCUT2D eigenvalue weighted by molar-refractivity contribution is 7.09. The maximum Gasteiger partial charge on any atom is 0.404 e. The topological polar surface area (TPSA) is 77.2 Å². The number of carbonyl (C=O) groups excluding carboxylic acids is 1. The van der Waals surface area contributed by atoms with Crippen LogP contribution >= 0.6 is 11.3 Å². The van der Waals surface area contributed by atoms with Crippen LogP contribution in [0.5, 0.6) is 0 Å². The van der Waals surface area contributed by atoms with Gasteiger partial charge in [0, 0.05) is 18.0 Å². The summed E-state index contributed by atoms with van der Waals surface area (Å²) in [6, 6.07) is 0.159. The average molecular weight is 229 g/mol. The Hall–Kier alpha value is -1.14. The van der Waals surface area contributed by atoms with Crippen molar-refractivity contribution in [2.75, 3.05) is 13.2 Å². The van der Waals surface area contributed by atoms with Gasteiger partial charge in [-0.15, -0.1) is 11.3 Å². The zero-order valence-corrected chi connectivity index (χ0v) is 9.63. The zero-order chi connectivity index (χ0) is 11.3. The number of carbonyl (C=O) groups is 1. The van der Waals surface area contributed by atoms with Crippen molar-refractivity contribution >= 4 is 17.4 Å². The predicted octanol–water partition coefficient (Wildman–Crippen LogP) is 1.20. The molecule has 0 aliphatic rings. The molecule has 5 nitrogen and oxygen atoms in total. The summed E-state index contributed by atoms with van der Waals surface area (Å²) >= 11 is 1.62. The largest absolute Gasteiger partial charge is 0.448 e. The quantitative estimate of drug-likeness (QED) is 0.744. The van der Waals surface area contributed by atoms with E-state index in [0.29, 0.717) is 6.54 Å². The lowest BCUT2D eigenvalue weighted by Gasteiger charge is -2.10. The molecule has 1 atom stereocenters. The number of nitrogens with zero attached hydrogens (tertiary/aromatic N) is 1. The molecule has 0 aliphatic heterocycles. The molecule has 0 radical (unpaired) electrons. The van der Waals surface area contributed by atoms with Gasteiger partial charge in [-0.2, -0.15) is 0 Å². The van der Waals surface area contributed by atoms with Crippen molar-refractivity contribution < 1.29 is 9.53 Å². The summed E-state index contributed by atoms with van der Waals surface area (Å²) in [4.78, 5) is 14.6. The van der Waals surface area contributed by atoms with Gasteiger partial charge in [0.05, 0.1) is 10.7 Å². The molecule has 0 saturated heterocycles. The van der Waals surface area contributed by atoms with Gasteiger partial charge >= 0.3 is 6.09 Å². The van der Waals surface area contributed by atoms with Crippen LogP contribution in [-0.2, 0) is 4.74 Å². The molecule has 1 aromatic heterocycles. The molecule has 0 saturated carbocycles. The minimum absolute atomic E-state index is 0.159. The van der Waals surface area contributed by atoms with Crippen LogP contribution in [0.25, 0.3) is 0 Å². The van der Waals surface area contributed by atoms with Crippen molar-refractivity contribution in [3.8, 4) is 0 Å². The number of amides is 1. The fraction of sp³-hybridized carbons (Fsp3) is 0.556. The second-order valence-electron chi connectivity index (χ2n) is 3.13. The molecule has 3 N–H and O–H groups in total. The number of primary amides is 1. The first-order valence-corrected chi connectivity index (χ1v) is 5.55. The molecule has 1 unspecified atom stereocenters. The highest BCUT2D eigenvalue weighted by Gasteiger charge is 2.07. The van der Waals surface area contributed by atoms with E-state index >= 15 is 0 Å². The van der Waals surface area contributed by atoms with E-state index in [9.17, 15) is 4.79 Å². The Morgan fingerprint density at radius 3 is 3.07 bits per heavy atom. The maximum atomic E-state index is 10.3. The van der Waals surface area contributed by atoms with E-state index in [0.717, 1.165) is 10.7 Å². The number of nitrogens with two attached hydrogens (primary N) is 1. The van der Waals surface area contributed by atoms with Crippen LogP contribution in [0.4, 0.5) is 4.79 Å². The smallest absolute Gasteiger partial charge is 0.404 e. The molecule has 1 heterocycles. The lowest BCUT2D eigenvalue weighted by atomic mass is 10.2. The minimum Gasteiger partial charge on any atom is -0.448 e. The fourth-order valence-electron chi connectivity index (χ4n) is 1.11. The van der Waals surface area contributed by atoms with E-state index in [1.165, 1.54) is 0 Å². The van der Waals surface area contributed by atoms with Crippen molar-refractivity contribution in [2.45, 2.75) is 19.9 Å². The van der Waals surface area contributed by atoms with Crippen LogP contribution < -0.4 is 11.1 Å². The summed E-state index contributed by atoms with van der Waals surface area (Å²) in [6.45, 7) is 4.83. The lowest BCUT2D eigenvalue weighted by molar-refractivity contribution is 0.156. The maximum absolute atomic E-state index is 10.3. The minimum atomic E-state index is -0.742. The van der Waals surface area contributed by atoms with Crippen molar-refractivity contribution in [3.63, 3.8) is 0 Å². The second kappa shape index (κ2) is 5.67. The summed E-state index contributed by atoms with van der Waals surface area (Å²) in [5.41, 5.74) is 5.83. The normalized spacial score (nSPS) is 12.4. The number of nitrogens with one attached hydrogen (secondary N) is 1. The number of ether oxygens (including phenoxy) is 1. The standard InChI is InChI=1S/C9H15N3O2S/c1-6(8-5-15-7(2)12-8)11-3-4-14-9(10)13/h5-6,11H,3-4H2,1-2H3,(H2,10,13). The number of aryl methyl sites for hydroxylation is 1. The Balaban J connectivity index is 2.24. The second-order valence-corrected chi connectivity index (χ2v) is 4.20. The number of aromatic nitrogens is 1. The number of hydrogen-bond donors (Lipinski definition) is 2. The van der Waals surface area contributed by atoms with E-state index in [1.54, 1.807) is 11.3 Å². The van der Waals surface area contributed by atoms with Gasteiger partial charge in [-0.1, -0.05) is 0 Å². The van der Waals surface area contributed by atoms with E-state index < -0.39 is 6.09 Å². The number of thiazole rings is 1. The summed E-state index contributed by atoms with van der Waals surface area (Å²) < 4.78 is 4.59. The van der Waals surface area contributed by atoms with Crippen LogP contribution in [0.2, 0.25) is 0 Å². The summed E-state index contributed by atoms with van der Waals surface area (Å²) in [6.07, 6.45) is -0.742. The summed E-state index contributed by atoms with van der Waals surface area (Å²) in [5, 5.41) is 6.24. The fourth-order valence-corrected chi connectivity index (χ4v) is 1.82. The third-order valence-corrected chi connectivity index (χ3v) is 2.67. The van der Waals surface area contributed by atoms with Crippen LogP contribution in [-0.4, -0.2) is 24.2 Å². The first kappa shape index (κ1) is 11.9. The Kier molecular flexibility index (Phi) is 4.51. The number of hydrogen-bond acceptors (Lipinski definition) is 5. The predicted molar refractivity (Wildman–Crippen MR) is 58.8 cm³/mol. The van der Waals surface area contributed by atoms with Crippen LogP contribution in [0.1, 0.15) is 23.7 Å². The van der Waals surface area contributed by atoms with Crippen molar-refractivity contribution in [2.24, 2.45) is 5.73 Å². The Morgan fingerprint density at radius 1 is 1.80 bits per heavy atom. The van der Waals surface area contributed by atoms with Gasteiger partial charge in [-0.3, -0.25) is 0 Å². The van der Waals surface area contributed by atoms with E-state index in [2.05, 4.69) is 15.0 Å². The lowest BCUT2D eigenvalue weighted by Crippen LogP contribution is -2.26. The van der Waals surface area contributed by atoms with Gasteiger partial charge in [0.1, 0.15) is 6.61 Å².